The molecule has 1 aliphatic heterocycles. The number of carbonyl (C=O) groups is 1. The third-order valence-electron chi connectivity index (χ3n) is 6.91. The molecule has 186 valence electrons. The number of phenolic OH excluding ortho intramolecular Hbond substituents is 1. The summed E-state index contributed by atoms with van der Waals surface area (Å²) in [5.41, 5.74) is 1.94. The monoisotopic (exact) mass is 498 g/mol. The smallest absolute Gasteiger partial charge is 0.416 e. The summed E-state index contributed by atoms with van der Waals surface area (Å²) in [6, 6.07) is 10.8. The van der Waals surface area contributed by atoms with Crippen LogP contribution in [0.15, 0.2) is 53.2 Å². The molecule has 7 nitrogen and oxygen atoms in total. The average Bonchev–Trinajstić information content (AvgIpc) is 3.32. The normalized spacial score (nSPS) is 15.7. The van der Waals surface area contributed by atoms with Gasteiger partial charge in [-0.3, -0.25) is 4.98 Å². The number of quaternary nitrogens is 1. The number of piperidine rings is 1. The van der Waals surface area contributed by atoms with E-state index in [4.69, 9.17) is 16.0 Å². The third kappa shape index (κ3) is 5.37. The van der Waals surface area contributed by atoms with Crippen LogP contribution in [-0.2, 0) is 5.41 Å². The van der Waals surface area contributed by atoms with E-state index in [2.05, 4.69) is 10.3 Å². The average molecular weight is 499 g/mol. The molecule has 1 fully saturated rings. The number of hydrogen-bond acceptors (Lipinski definition) is 5. The fraction of sp³-hybridized carbons (Fsp3) is 0.407. The number of urea groups is 1. The molecular weight excluding hydrogens is 466 g/mol. The third-order valence-corrected chi connectivity index (χ3v) is 7.23. The van der Waals surface area contributed by atoms with Gasteiger partial charge in [0.2, 0.25) is 0 Å². The van der Waals surface area contributed by atoms with Crippen molar-refractivity contribution in [2.24, 2.45) is 0 Å². The number of furan rings is 1. The first-order chi connectivity index (χ1) is 16.8. The summed E-state index contributed by atoms with van der Waals surface area (Å²) in [7, 11) is 0. The van der Waals surface area contributed by atoms with Gasteiger partial charge in [0, 0.05) is 35.5 Å². The molecule has 0 atom stereocenters. The standard InChI is InChI=1S/C27H32ClN3O4/c1-27(2,18-30-26(34)31(14-15-32)12-4-3-5-13-31)24-17-21(20-6-7-22(28)23(33)16-20)25(35-24)19-8-10-29-11-9-19/h6-11,16-17,32H,3-5,12-15,18H2,1-2H3,(H-,30,33,34)/p+1. The number of amides is 2. The number of hydrogen-bond donors (Lipinski definition) is 3. The lowest BCUT2D eigenvalue weighted by molar-refractivity contribution is -0.856. The molecule has 4 rings (SSSR count). The zero-order valence-electron chi connectivity index (χ0n) is 20.3. The zero-order valence-corrected chi connectivity index (χ0v) is 21.0. The van der Waals surface area contributed by atoms with E-state index in [1.165, 1.54) is 0 Å². The van der Waals surface area contributed by atoms with Crippen molar-refractivity contribution in [2.45, 2.75) is 38.5 Å². The molecule has 0 bridgehead atoms. The number of rotatable bonds is 7. The quantitative estimate of drug-likeness (QED) is 0.382. The highest BCUT2D eigenvalue weighted by atomic mass is 35.5. The van der Waals surface area contributed by atoms with Gasteiger partial charge in [-0.2, -0.15) is 0 Å². The largest absolute Gasteiger partial charge is 0.506 e. The van der Waals surface area contributed by atoms with Crippen molar-refractivity contribution in [1.82, 2.24) is 10.3 Å². The molecule has 8 heteroatoms. The van der Waals surface area contributed by atoms with Crippen molar-refractivity contribution >= 4 is 17.6 Å². The number of pyridine rings is 1. The Hall–Kier alpha value is -2.87. The number of aliphatic hydroxyl groups is 1. The van der Waals surface area contributed by atoms with Gasteiger partial charge in [0.15, 0.2) is 0 Å². The van der Waals surface area contributed by atoms with Gasteiger partial charge in [-0.1, -0.05) is 31.5 Å². The van der Waals surface area contributed by atoms with Gasteiger partial charge in [0.1, 0.15) is 23.8 Å². The Balaban J connectivity index is 1.63. The van der Waals surface area contributed by atoms with E-state index in [9.17, 15) is 15.0 Å². The molecule has 0 radical (unpaired) electrons. The van der Waals surface area contributed by atoms with Crippen LogP contribution < -0.4 is 5.32 Å². The van der Waals surface area contributed by atoms with Gasteiger partial charge < -0.3 is 19.9 Å². The summed E-state index contributed by atoms with van der Waals surface area (Å²) in [5, 5.41) is 23.2. The molecular formula is C27H33ClN3O4+. The van der Waals surface area contributed by atoms with E-state index in [0.717, 1.165) is 49.0 Å². The summed E-state index contributed by atoms with van der Waals surface area (Å²) in [6.07, 6.45) is 6.50. The van der Waals surface area contributed by atoms with E-state index < -0.39 is 5.41 Å². The van der Waals surface area contributed by atoms with E-state index in [1.54, 1.807) is 24.5 Å². The summed E-state index contributed by atoms with van der Waals surface area (Å²) < 4.78 is 6.68. The molecule has 2 aromatic heterocycles. The molecule has 1 saturated heterocycles. The number of likely N-dealkylation sites (tertiary alicyclic amines) is 1. The molecule has 0 saturated carbocycles. The van der Waals surface area contributed by atoms with Gasteiger partial charge in [-0.05, 0) is 55.2 Å². The maximum atomic E-state index is 13.2. The maximum absolute atomic E-state index is 13.2. The fourth-order valence-corrected chi connectivity index (χ4v) is 4.84. The highest BCUT2D eigenvalue weighted by molar-refractivity contribution is 6.32. The van der Waals surface area contributed by atoms with Gasteiger partial charge in [0.05, 0.1) is 24.7 Å². The fourth-order valence-electron chi connectivity index (χ4n) is 4.73. The number of aromatic hydroxyl groups is 1. The number of nitrogens with one attached hydrogen (secondary N) is 1. The minimum Gasteiger partial charge on any atom is -0.506 e. The Morgan fingerprint density at radius 3 is 2.49 bits per heavy atom. The van der Waals surface area contributed by atoms with Gasteiger partial charge in [-0.15, -0.1) is 0 Å². The van der Waals surface area contributed by atoms with E-state index >= 15 is 0 Å². The number of benzene rings is 1. The van der Waals surface area contributed by atoms with Crippen LogP contribution in [0.1, 0.15) is 38.9 Å². The van der Waals surface area contributed by atoms with E-state index in [1.807, 2.05) is 38.1 Å². The number of aliphatic hydroxyl groups excluding tert-OH is 1. The number of halogens is 1. The molecule has 3 heterocycles. The van der Waals surface area contributed by atoms with Crippen molar-refractivity contribution in [3.05, 3.63) is 59.6 Å². The van der Waals surface area contributed by atoms with Crippen molar-refractivity contribution in [3.63, 3.8) is 0 Å². The molecule has 0 unspecified atom stereocenters. The topological polar surface area (TPSA) is 95.6 Å². The second-order valence-electron chi connectivity index (χ2n) is 9.90. The van der Waals surface area contributed by atoms with Crippen molar-refractivity contribution in [3.8, 4) is 28.2 Å². The van der Waals surface area contributed by atoms with Crippen molar-refractivity contribution < 1.29 is 23.9 Å². The molecule has 0 spiro atoms. The first-order valence-electron chi connectivity index (χ1n) is 12.0. The predicted molar refractivity (Wildman–Crippen MR) is 136 cm³/mol. The number of nitrogens with zero attached hydrogens (tertiary/aromatic N) is 2. The van der Waals surface area contributed by atoms with E-state index in [-0.39, 0.29) is 27.9 Å². The Morgan fingerprint density at radius 1 is 1.11 bits per heavy atom. The minimum absolute atomic E-state index is 0.00134. The molecule has 35 heavy (non-hydrogen) atoms. The Kier molecular flexibility index (Phi) is 7.50. The van der Waals surface area contributed by atoms with Crippen molar-refractivity contribution in [1.29, 1.82) is 0 Å². The van der Waals surface area contributed by atoms with Crippen LogP contribution >= 0.6 is 11.6 Å². The molecule has 3 N–H and O–H groups in total. The Bertz CT molecular complexity index is 1160. The zero-order chi connectivity index (χ0) is 25.1. The number of aromatic nitrogens is 1. The summed E-state index contributed by atoms with van der Waals surface area (Å²) >= 11 is 6.03. The number of carbonyl (C=O) groups excluding carboxylic acids is 1. The molecule has 1 aliphatic rings. The SMILES string of the molecule is CC(C)(CNC(=O)[N+]1(CCO)CCCCC1)c1cc(-c2ccc(Cl)c(O)c2)c(-c2ccncc2)o1. The van der Waals surface area contributed by atoms with E-state index in [0.29, 0.717) is 24.6 Å². The molecule has 3 aromatic rings. The Morgan fingerprint density at radius 2 is 1.83 bits per heavy atom. The van der Waals surface area contributed by atoms with Crippen LogP contribution in [0.5, 0.6) is 5.75 Å². The van der Waals surface area contributed by atoms with Crippen LogP contribution in [0.25, 0.3) is 22.5 Å². The lowest BCUT2D eigenvalue weighted by atomic mass is 9.89. The van der Waals surface area contributed by atoms with Crippen LogP contribution in [0, 0.1) is 0 Å². The van der Waals surface area contributed by atoms with Gasteiger partial charge in [0.25, 0.3) is 0 Å². The maximum Gasteiger partial charge on any atom is 0.416 e. The van der Waals surface area contributed by atoms with Crippen LogP contribution in [0.4, 0.5) is 4.79 Å². The van der Waals surface area contributed by atoms with Gasteiger partial charge in [-0.25, -0.2) is 9.28 Å². The van der Waals surface area contributed by atoms with Crippen LogP contribution in [-0.4, -0.2) is 58.5 Å². The Labute approximate surface area is 211 Å². The lowest BCUT2D eigenvalue weighted by Crippen LogP contribution is -2.61. The second-order valence-corrected chi connectivity index (χ2v) is 10.3. The first-order valence-corrected chi connectivity index (χ1v) is 12.4. The first kappa shape index (κ1) is 25.2. The summed E-state index contributed by atoms with van der Waals surface area (Å²) in [4.78, 5) is 17.3. The van der Waals surface area contributed by atoms with Crippen molar-refractivity contribution in [2.75, 3.05) is 32.8 Å². The molecule has 1 aromatic carbocycles. The summed E-state index contributed by atoms with van der Waals surface area (Å²) in [6.45, 7) is 6.36. The highest BCUT2D eigenvalue weighted by Crippen LogP contribution is 2.40. The predicted octanol–water partition coefficient (Wildman–Crippen LogP) is 5.35. The molecule has 2 amide bonds. The van der Waals surface area contributed by atoms with Crippen LogP contribution in [0.3, 0.4) is 0 Å². The second kappa shape index (κ2) is 10.4. The van der Waals surface area contributed by atoms with Crippen LogP contribution in [0.2, 0.25) is 5.02 Å². The number of phenols is 1. The molecule has 0 aliphatic carbocycles. The van der Waals surface area contributed by atoms with Gasteiger partial charge >= 0.3 is 6.03 Å². The lowest BCUT2D eigenvalue weighted by Gasteiger charge is -2.38. The highest BCUT2D eigenvalue weighted by Gasteiger charge is 2.39. The minimum atomic E-state index is -0.511. The summed E-state index contributed by atoms with van der Waals surface area (Å²) in [5.74, 6) is 1.36.